The molecular formula is C11H25NS. The van der Waals surface area contributed by atoms with Crippen molar-refractivity contribution in [3.05, 3.63) is 0 Å². The summed E-state index contributed by atoms with van der Waals surface area (Å²) in [4.78, 5) is 0. The van der Waals surface area contributed by atoms with E-state index >= 15 is 0 Å². The molecule has 0 amide bonds. The molecule has 0 atom stereocenters. The minimum Gasteiger partial charge on any atom is -0.314 e. The molecule has 13 heavy (non-hydrogen) atoms. The van der Waals surface area contributed by atoms with Gasteiger partial charge in [0, 0.05) is 12.6 Å². The van der Waals surface area contributed by atoms with Gasteiger partial charge >= 0.3 is 0 Å². The van der Waals surface area contributed by atoms with E-state index in [-0.39, 0.29) is 0 Å². The molecule has 0 saturated heterocycles. The van der Waals surface area contributed by atoms with Crippen LogP contribution in [0.25, 0.3) is 0 Å². The maximum Gasteiger partial charge on any atom is 0.00106 e. The van der Waals surface area contributed by atoms with E-state index in [0.29, 0.717) is 11.5 Å². The third kappa shape index (κ3) is 8.63. The van der Waals surface area contributed by atoms with Crippen LogP contribution in [0.4, 0.5) is 0 Å². The van der Waals surface area contributed by atoms with E-state index in [9.17, 15) is 0 Å². The highest BCUT2D eigenvalue weighted by atomic mass is 32.2. The topological polar surface area (TPSA) is 12.0 Å². The van der Waals surface area contributed by atoms with Gasteiger partial charge in [-0.1, -0.05) is 34.6 Å². The highest BCUT2D eigenvalue weighted by Crippen LogP contribution is 2.21. The van der Waals surface area contributed by atoms with Crippen LogP contribution in [0, 0.1) is 5.41 Å². The summed E-state index contributed by atoms with van der Waals surface area (Å²) in [6.45, 7) is 12.5. The molecule has 80 valence electrons. The molecule has 0 aliphatic carbocycles. The van der Waals surface area contributed by atoms with Gasteiger partial charge in [0.1, 0.15) is 0 Å². The van der Waals surface area contributed by atoms with Gasteiger partial charge in [0.25, 0.3) is 0 Å². The molecule has 0 aliphatic rings. The Bertz CT molecular complexity index is 121. The average molecular weight is 203 g/mol. The molecule has 0 fully saturated rings. The van der Waals surface area contributed by atoms with E-state index in [0.717, 1.165) is 6.54 Å². The van der Waals surface area contributed by atoms with Gasteiger partial charge in [0.2, 0.25) is 0 Å². The van der Waals surface area contributed by atoms with E-state index in [2.05, 4.69) is 39.9 Å². The van der Waals surface area contributed by atoms with Gasteiger partial charge in [-0.15, -0.1) is 0 Å². The second-order valence-electron chi connectivity index (χ2n) is 4.65. The Morgan fingerprint density at radius 3 is 2.38 bits per heavy atom. The minimum atomic E-state index is 0.451. The lowest BCUT2D eigenvalue weighted by atomic mass is 9.90. The molecular weight excluding hydrogens is 178 g/mol. The zero-order valence-corrected chi connectivity index (χ0v) is 10.6. The monoisotopic (exact) mass is 203 g/mol. The van der Waals surface area contributed by atoms with Crippen molar-refractivity contribution in [2.75, 3.05) is 18.1 Å². The van der Waals surface area contributed by atoms with Crippen molar-refractivity contribution in [2.24, 2.45) is 5.41 Å². The Morgan fingerprint density at radius 2 is 1.92 bits per heavy atom. The molecule has 0 spiro atoms. The highest BCUT2D eigenvalue weighted by Gasteiger charge is 2.16. The summed E-state index contributed by atoms with van der Waals surface area (Å²) < 4.78 is 0. The zero-order chi connectivity index (χ0) is 10.3. The fourth-order valence-corrected chi connectivity index (χ4v) is 2.05. The van der Waals surface area contributed by atoms with E-state index < -0.39 is 0 Å². The maximum atomic E-state index is 3.50. The zero-order valence-electron chi connectivity index (χ0n) is 9.81. The predicted octanol–water partition coefficient (Wildman–Crippen LogP) is 3.15. The molecule has 0 aromatic carbocycles. The third-order valence-corrected chi connectivity index (χ3v) is 3.02. The van der Waals surface area contributed by atoms with Crippen LogP contribution in [0.3, 0.4) is 0 Å². The first-order valence-corrected chi connectivity index (χ1v) is 6.44. The smallest absolute Gasteiger partial charge is 0.00106 e. The summed E-state index contributed by atoms with van der Waals surface area (Å²) in [5.41, 5.74) is 0.451. The molecule has 0 aromatic heterocycles. The van der Waals surface area contributed by atoms with Gasteiger partial charge in [0.15, 0.2) is 0 Å². The third-order valence-electron chi connectivity index (χ3n) is 2.12. The van der Waals surface area contributed by atoms with Crippen molar-refractivity contribution in [1.82, 2.24) is 5.32 Å². The molecule has 1 nitrogen and oxygen atoms in total. The van der Waals surface area contributed by atoms with E-state index in [4.69, 9.17) is 0 Å². The SMILES string of the molecule is CCSCCC(C)(C)CNC(C)C. The van der Waals surface area contributed by atoms with Crippen LogP contribution in [-0.2, 0) is 0 Å². The minimum absolute atomic E-state index is 0.451. The van der Waals surface area contributed by atoms with Crippen molar-refractivity contribution in [2.45, 2.75) is 47.1 Å². The van der Waals surface area contributed by atoms with Crippen LogP contribution in [0.15, 0.2) is 0 Å². The second-order valence-corrected chi connectivity index (χ2v) is 6.04. The molecule has 0 heterocycles. The summed E-state index contributed by atoms with van der Waals surface area (Å²) in [5.74, 6) is 2.54. The van der Waals surface area contributed by atoms with Crippen LogP contribution in [0.5, 0.6) is 0 Å². The number of thioether (sulfide) groups is 1. The molecule has 1 N–H and O–H groups in total. The van der Waals surface area contributed by atoms with Crippen molar-refractivity contribution < 1.29 is 0 Å². The fraction of sp³-hybridized carbons (Fsp3) is 1.00. The van der Waals surface area contributed by atoms with Crippen molar-refractivity contribution in [1.29, 1.82) is 0 Å². The van der Waals surface area contributed by atoms with Gasteiger partial charge in [-0.05, 0) is 23.3 Å². The van der Waals surface area contributed by atoms with Crippen molar-refractivity contribution in [3.8, 4) is 0 Å². The summed E-state index contributed by atoms with van der Waals surface area (Å²) in [6, 6.07) is 0.609. The van der Waals surface area contributed by atoms with Crippen LogP contribution in [0.1, 0.15) is 41.0 Å². The van der Waals surface area contributed by atoms with Gasteiger partial charge in [0.05, 0.1) is 0 Å². The lowest BCUT2D eigenvalue weighted by molar-refractivity contribution is 0.319. The average Bonchev–Trinajstić information content (AvgIpc) is 2.02. The predicted molar refractivity (Wildman–Crippen MR) is 64.5 cm³/mol. The van der Waals surface area contributed by atoms with Crippen LogP contribution in [-0.4, -0.2) is 24.1 Å². The van der Waals surface area contributed by atoms with E-state index in [1.54, 1.807) is 0 Å². The van der Waals surface area contributed by atoms with Gasteiger partial charge in [-0.3, -0.25) is 0 Å². The van der Waals surface area contributed by atoms with Gasteiger partial charge in [-0.2, -0.15) is 11.8 Å². The van der Waals surface area contributed by atoms with Crippen molar-refractivity contribution in [3.63, 3.8) is 0 Å². The van der Waals surface area contributed by atoms with E-state index in [1.165, 1.54) is 17.9 Å². The summed E-state index contributed by atoms with van der Waals surface area (Å²) in [7, 11) is 0. The Labute approximate surface area is 88.1 Å². The summed E-state index contributed by atoms with van der Waals surface area (Å²) in [6.07, 6.45) is 1.31. The Balaban J connectivity index is 3.54. The first-order chi connectivity index (χ1) is 5.98. The number of rotatable bonds is 7. The van der Waals surface area contributed by atoms with Gasteiger partial charge in [-0.25, -0.2) is 0 Å². The standard InChI is InChI=1S/C11H25NS/c1-6-13-8-7-11(4,5)9-12-10(2)3/h10,12H,6-9H2,1-5H3. The maximum absolute atomic E-state index is 3.50. The molecule has 0 saturated carbocycles. The van der Waals surface area contributed by atoms with E-state index in [1.807, 2.05) is 11.8 Å². The molecule has 0 rings (SSSR count). The Morgan fingerprint density at radius 1 is 1.31 bits per heavy atom. The van der Waals surface area contributed by atoms with Gasteiger partial charge < -0.3 is 5.32 Å². The highest BCUT2D eigenvalue weighted by molar-refractivity contribution is 7.99. The molecule has 0 aliphatic heterocycles. The number of hydrogen-bond donors (Lipinski definition) is 1. The lowest BCUT2D eigenvalue weighted by Gasteiger charge is -2.26. The first kappa shape index (κ1) is 13.3. The second kappa shape index (κ2) is 6.72. The first-order valence-electron chi connectivity index (χ1n) is 5.29. The summed E-state index contributed by atoms with van der Waals surface area (Å²) >= 11 is 2.04. The molecule has 0 aromatic rings. The Kier molecular flexibility index (Phi) is 6.88. The largest absolute Gasteiger partial charge is 0.314 e. The van der Waals surface area contributed by atoms with Crippen LogP contribution >= 0.6 is 11.8 Å². The fourth-order valence-electron chi connectivity index (χ4n) is 1.06. The molecule has 2 heteroatoms. The van der Waals surface area contributed by atoms with Crippen LogP contribution < -0.4 is 5.32 Å². The summed E-state index contributed by atoms with van der Waals surface area (Å²) in [5, 5.41) is 3.50. The normalized spacial score (nSPS) is 12.5. The molecule has 0 bridgehead atoms. The van der Waals surface area contributed by atoms with Crippen LogP contribution in [0.2, 0.25) is 0 Å². The quantitative estimate of drug-likeness (QED) is 0.638. The Hall–Kier alpha value is 0.310. The van der Waals surface area contributed by atoms with Crippen molar-refractivity contribution >= 4 is 11.8 Å². The number of nitrogens with one attached hydrogen (secondary N) is 1. The molecule has 0 radical (unpaired) electrons. The number of hydrogen-bond acceptors (Lipinski definition) is 2. The molecule has 0 unspecified atom stereocenters. The lowest BCUT2D eigenvalue weighted by Crippen LogP contribution is -2.34.